The first kappa shape index (κ1) is 19.5. The predicted molar refractivity (Wildman–Crippen MR) is 108 cm³/mol. The van der Waals surface area contributed by atoms with Gasteiger partial charge in [0.2, 0.25) is 0 Å². The molecule has 3 rings (SSSR count). The van der Waals surface area contributed by atoms with Gasteiger partial charge in [0, 0.05) is 5.69 Å². The Labute approximate surface area is 164 Å². The Hall–Kier alpha value is -3.22. The quantitative estimate of drug-likeness (QED) is 0.672. The zero-order valence-electron chi connectivity index (χ0n) is 16.8. The molecule has 0 fully saturated rings. The first-order chi connectivity index (χ1) is 13.2. The van der Waals surface area contributed by atoms with Crippen molar-refractivity contribution in [1.82, 2.24) is 20.2 Å². The van der Waals surface area contributed by atoms with Crippen molar-refractivity contribution in [2.45, 2.75) is 39.3 Å². The normalized spacial score (nSPS) is 12.5. The van der Waals surface area contributed by atoms with E-state index in [1.54, 1.807) is 11.9 Å². The number of ether oxygens (including phenoxy) is 1. The summed E-state index contributed by atoms with van der Waals surface area (Å²) in [5.41, 5.74) is 2.27. The number of tetrazole rings is 1. The molecule has 3 aromatic rings. The largest absolute Gasteiger partial charge is 0.443 e. The van der Waals surface area contributed by atoms with Crippen LogP contribution in [0.2, 0.25) is 0 Å². The van der Waals surface area contributed by atoms with E-state index in [4.69, 9.17) is 4.74 Å². The van der Waals surface area contributed by atoms with Gasteiger partial charge in [0.1, 0.15) is 11.6 Å². The highest BCUT2D eigenvalue weighted by atomic mass is 16.6. The van der Waals surface area contributed by atoms with Crippen molar-refractivity contribution in [3.8, 4) is 11.1 Å². The van der Waals surface area contributed by atoms with Crippen molar-refractivity contribution in [3.05, 3.63) is 60.4 Å². The Morgan fingerprint density at radius 2 is 1.64 bits per heavy atom. The Bertz CT molecular complexity index is 929. The number of hydrogen-bond acceptors (Lipinski definition) is 5. The molecule has 0 saturated heterocycles. The van der Waals surface area contributed by atoms with Crippen LogP contribution in [0.5, 0.6) is 0 Å². The van der Waals surface area contributed by atoms with E-state index < -0.39 is 17.7 Å². The van der Waals surface area contributed by atoms with Gasteiger partial charge >= 0.3 is 6.09 Å². The molecule has 1 unspecified atom stereocenters. The van der Waals surface area contributed by atoms with E-state index in [-0.39, 0.29) is 0 Å². The molecule has 1 aromatic heterocycles. The third-order valence-electron chi connectivity index (χ3n) is 4.13. The first-order valence-electron chi connectivity index (χ1n) is 9.16. The number of carbonyl (C=O) groups is 1. The minimum atomic E-state index is -0.616. The second-order valence-corrected chi connectivity index (χ2v) is 7.58. The van der Waals surface area contributed by atoms with Crippen LogP contribution in [0.25, 0.3) is 11.1 Å². The van der Waals surface area contributed by atoms with Gasteiger partial charge in [-0.25, -0.2) is 4.79 Å². The lowest BCUT2D eigenvalue weighted by Gasteiger charge is -2.30. The summed E-state index contributed by atoms with van der Waals surface area (Å²) >= 11 is 0. The number of benzene rings is 2. The molecule has 0 spiro atoms. The van der Waals surface area contributed by atoms with Crippen LogP contribution in [0.1, 0.15) is 39.6 Å². The Morgan fingerprint density at radius 1 is 1.04 bits per heavy atom. The number of anilines is 1. The van der Waals surface area contributed by atoms with Crippen LogP contribution in [0, 0.1) is 0 Å². The highest BCUT2D eigenvalue weighted by Gasteiger charge is 2.30. The monoisotopic (exact) mass is 379 g/mol. The fourth-order valence-corrected chi connectivity index (χ4v) is 2.82. The molecule has 1 atom stereocenters. The summed E-state index contributed by atoms with van der Waals surface area (Å²) in [4.78, 5) is 15.9. The number of carbonyl (C=O) groups excluding carboxylic acids is 1. The van der Waals surface area contributed by atoms with Gasteiger partial charge in [0.15, 0.2) is 5.82 Å². The molecule has 0 N–H and O–H groups in total. The third-order valence-corrected chi connectivity index (χ3v) is 4.13. The van der Waals surface area contributed by atoms with E-state index in [2.05, 4.69) is 15.4 Å². The smallest absolute Gasteiger partial charge is 0.415 e. The Balaban J connectivity index is 1.95. The molecule has 0 saturated carbocycles. The molecular formula is C21H25N5O2. The molecule has 146 valence electrons. The number of amides is 1. The van der Waals surface area contributed by atoms with Gasteiger partial charge < -0.3 is 4.74 Å². The SMILES string of the molecule is CC(c1nnn(C)n1)N(C(=O)OC(C)(C)C)c1ccc(-c2ccccc2)cc1. The zero-order valence-corrected chi connectivity index (χ0v) is 16.8. The van der Waals surface area contributed by atoms with Crippen LogP contribution < -0.4 is 4.90 Å². The summed E-state index contributed by atoms with van der Waals surface area (Å²) in [6, 6.07) is 17.4. The summed E-state index contributed by atoms with van der Waals surface area (Å²) in [5.74, 6) is 0.445. The summed E-state index contributed by atoms with van der Waals surface area (Å²) in [7, 11) is 1.69. The minimum absolute atomic E-state index is 0.439. The zero-order chi connectivity index (χ0) is 20.3. The van der Waals surface area contributed by atoms with Crippen LogP contribution in [0.15, 0.2) is 54.6 Å². The van der Waals surface area contributed by atoms with Gasteiger partial charge in [-0.05, 0) is 56.2 Å². The maximum Gasteiger partial charge on any atom is 0.415 e. The lowest BCUT2D eigenvalue weighted by atomic mass is 10.1. The van der Waals surface area contributed by atoms with Gasteiger partial charge in [-0.2, -0.15) is 4.80 Å². The van der Waals surface area contributed by atoms with Crippen LogP contribution in [-0.2, 0) is 11.8 Å². The maximum atomic E-state index is 13.0. The number of nitrogens with zero attached hydrogens (tertiary/aromatic N) is 5. The Morgan fingerprint density at radius 3 is 2.18 bits per heavy atom. The molecular weight excluding hydrogens is 354 g/mol. The number of aromatic nitrogens is 4. The van der Waals surface area contributed by atoms with Crippen molar-refractivity contribution >= 4 is 11.8 Å². The molecule has 0 aliphatic carbocycles. The van der Waals surface area contributed by atoms with Crippen molar-refractivity contribution in [3.63, 3.8) is 0 Å². The predicted octanol–water partition coefficient (Wildman–Crippen LogP) is 4.38. The molecule has 7 heteroatoms. The van der Waals surface area contributed by atoms with Gasteiger partial charge in [-0.1, -0.05) is 42.5 Å². The molecule has 0 radical (unpaired) electrons. The van der Waals surface area contributed by atoms with Crippen molar-refractivity contribution < 1.29 is 9.53 Å². The molecule has 0 aliphatic rings. The second kappa shape index (κ2) is 7.80. The van der Waals surface area contributed by atoms with E-state index in [0.29, 0.717) is 11.5 Å². The highest BCUT2D eigenvalue weighted by molar-refractivity contribution is 5.89. The Kier molecular flexibility index (Phi) is 5.44. The first-order valence-corrected chi connectivity index (χ1v) is 9.16. The number of hydrogen-bond donors (Lipinski definition) is 0. The van der Waals surface area contributed by atoms with E-state index in [0.717, 1.165) is 11.1 Å². The lowest BCUT2D eigenvalue weighted by Crippen LogP contribution is -2.39. The van der Waals surface area contributed by atoms with Crippen molar-refractivity contribution in [2.75, 3.05) is 4.90 Å². The maximum absolute atomic E-state index is 13.0. The van der Waals surface area contributed by atoms with Crippen LogP contribution >= 0.6 is 0 Å². The van der Waals surface area contributed by atoms with Crippen molar-refractivity contribution in [1.29, 1.82) is 0 Å². The van der Waals surface area contributed by atoms with E-state index >= 15 is 0 Å². The molecule has 28 heavy (non-hydrogen) atoms. The average Bonchev–Trinajstić information content (AvgIpc) is 3.08. The second-order valence-electron chi connectivity index (χ2n) is 7.58. The van der Waals surface area contributed by atoms with Crippen LogP contribution in [-0.4, -0.2) is 31.9 Å². The fourth-order valence-electron chi connectivity index (χ4n) is 2.82. The standard InChI is InChI=1S/C21H25N5O2/c1-15(19-22-24-25(5)23-19)26(20(27)28-21(2,3)4)18-13-11-17(12-14-18)16-9-7-6-8-10-16/h6-15H,1-5H3. The molecule has 1 heterocycles. The summed E-state index contributed by atoms with van der Waals surface area (Å²) in [6.45, 7) is 7.37. The average molecular weight is 379 g/mol. The van der Waals surface area contributed by atoms with E-state index in [1.165, 1.54) is 4.80 Å². The number of rotatable bonds is 4. The summed E-state index contributed by atoms with van der Waals surface area (Å²) < 4.78 is 5.62. The van der Waals surface area contributed by atoms with Gasteiger partial charge in [-0.15, -0.1) is 10.2 Å². The van der Waals surface area contributed by atoms with E-state index in [9.17, 15) is 4.79 Å². The topological polar surface area (TPSA) is 73.1 Å². The van der Waals surface area contributed by atoms with Crippen LogP contribution in [0.3, 0.4) is 0 Å². The van der Waals surface area contributed by atoms with Gasteiger partial charge in [0.25, 0.3) is 0 Å². The molecule has 2 aromatic carbocycles. The summed E-state index contributed by atoms with van der Waals surface area (Å²) in [6.07, 6.45) is -0.458. The lowest BCUT2D eigenvalue weighted by molar-refractivity contribution is 0.0566. The molecule has 0 aliphatic heterocycles. The van der Waals surface area contributed by atoms with Gasteiger partial charge in [-0.3, -0.25) is 4.90 Å². The fraction of sp³-hybridized carbons (Fsp3) is 0.333. The minimum Gasteiger partial charge on any atom is -0.443 e. The van der Waals surface area contributed by atoms with Crippen LogP contribution in [0.4, 0.5) is 10.5 Å². The summed E-state index contributed by atoms with van der Waals surface area (Å²) in [5, 5.41) is 12.2. The molecule has 0 bridgehead atoms. The highest BCUT2D eigenvalue weighted by Crippen LogP contribution is 2.29. The third kappa shape index (κ3) is 4.54. The van der Waals surface area contributed by atoms with Crippen molar-refractivity contribution in [2.24, 2.45) is 7.05 Å². The number of aryl methyl sites for hydroxylation is 1. The molecule has 1 amide bonds. The van der Waals surface area contributed by atoms with E-state index in [1.807, 2.05) is 82.3 Å². The van der Waals surface area contributed by atoms with Gasteiger partial charge in [0.05, 0.1) is 7.05 Å². The molecule has 7 nitrogen and oxygen atoms in total.